The van der Waals surface area contributed by atoms with Crippen LogP contribution in [0.3, 0.4) is 0 Å². The second-order valence-electron chi connectivity index (χ2n) is 3.89. The first-order valence-electron chi connectivity index (χ1n) is 4.83. The van der Waals surface area contributed by atoms with Gasteiger partial charge in [0.2, 0.25) is 0 Å². The second-order valence-corrected chi connectivity index (χ2v) is 3.89. The highest BCUT2D eigenvalue weighted by molar-refractivity contribution is 5.29. The molecule has 72 valence electrons. The third-order valence-corrected chi connectivity index (χ3v) is 2.59. The lowest BCUT2D eigenvalue weighted by Crippen LogP contribution is -2.12. The Labute approximate surface area is 80.4 Å². The molecule has 1 heteroatoms. The Hall–Kier alpha value is -0.820. The molecule has 13 heavy (non-hydrogen) atoms. The van der Waals surface area contributed by atoms with Gasteiger partial charge in [-0.05, 0) is 24.0 Å². The van der Waals surface area contributed by atoms with Crippen molar-refractivity contribution in [3.63, 3.8) is 0 Å². The smallest absolute Gasteiger partial charge is 0.0502 e. The highest BCUT2D eigenvalue weighted by atomic mass is 16.3. The molecule has 0 aliphatic carbocycles. The van der Waals surface area contributed by atoms with Gasteiger partial charge >= 0.3 is 0 Å². The summed E-state index contributed by atoms with van der Waals surface area (Å²) in [5, 5.41) is 9.27. The van der Waals surface area contributed by atoms with Crippen LogP contribution in [0.25, 0.3) is 0 Å². The molecule has 0 heterocycles. The number of aliphatic hydroxyl groups excluding tert-OH is 1. The molecule has 1 aromatic carbocycles. The molecule has 0 saturated heterocycles. The topological polar surface area (TPSA) is 20.2 Å². The van der Waals surface area contributed by atoms with E-state index in [-0.39, 0.29) is 12.5 Å². The summed E-state index contributed by atoms with van der Waals surface area (Å²) in [6.45, 7) is 6.63. The van der Waals surface area contributed by atoms with Gasteiger partial charge in [0, 0.05) is 5.92 Å². The standard InChI is InChI=1S/C12H18O/c1-9(2)12(8-13)11-7-5-4-6-10(11)3/h4-7,9,12-13H,8H2,1-3H3/t12-/m0/s1. The van der Waals surface area contributed by atoms with Crippen LogP contribution < -0.4 is 0 Å². The predicted octanol–water partition coefficient (Wildman–Crippen LogP) is 2.73. The highest BCUT2D eigenvalue weighted by Gasteiger charge is 2.15. The van der Waals surface area contributed by atoms with E-state index in [4.69, 9.17) is 0 Å². The van der Waals surface area contributed by atoms with E-state index < -0.39 is 0 Å². The van der Waals surface area contributed by atoms with Crippen molar-refractivity contribution < 1.29 is 5.11 Å². The average molecular weight is 178 g/mol. The summed E-state index contributed by atoms with van der Waals surface area (Å²) in [7, 11) is 0. The normalized spacial score (nSPS) is 13.3. The van der Waals surface area contributed by atoms with Crippen LogP contribution in [0.2, 0.25) is 0 Å². The molecule has 1 aromatic rings. The Bertz CT molecular complexity index is 266. The van der Waals surface area contributed by atoms with Crippen LogP contribution in [0.5, 0.6) is 0 Å². The van der Waals surface area contributed by atoms with E-state index in [9.17, 15) is 5.11 Å². The molecule has 1 N–H and O–H groups in total. The van der Waals surface area contributed by atoms with Gasteiger partial charge in [0.1, 0.15) is 0 Å². The van der Waals surface area contributed by atoms with E-state index in [0.29, 0.717) is 5.92 Å². The van der Waals surface area contributed by atoms with Crippen LogP contribution >= 0.6 is 0 Å². The van der Waals surface area contributed by atoms with Crippen LogP contribution in [0.4, 0.5) is 0 Å². The van der Waals surface area contributed by atoms with Gasteiger partial charge in [-0.25, -0.2) is 0 Å². The second kappa shape index (κ2) is 4.43. The Kier molecular flexibility index (Phi) is 3.49. The van der Waals surface area contributed by atoms with Crippen molar-refractivity contribution in [2.75, 3.05) is 6.61 Å². The molecule has 1 nitrogen and oxygen atoms in total. The average Bonchev–Trinajstić information content (AvgIpc) is 2.09. The van der Waals surface area contributed by atoms with Crippen LogP contribution in [0, 0.1) is 12.8 Å². The van der Waals surface area contributed by atoms with E-state index in [1.165, 1.54) is 11.1 Å². The maximum absolute atomic E-state index is 9.27. The van der Waals surface area contributed by atoms with E-state index in [2.05, 4.69) is 32.9 Å². The van der Waals surface area contributed by atoms with Gasteiger partial charge in [-0.1, -0.05) is 38.1 Å². The number of hydrogen-bond acceptors (Lipinski definition) is 1. The van der Waals surface area contributed by atoms with E-state index in [1.54, 1.807) is 0 Å². The lowest BCUT2D eigenvalue weighted by molar-refractivity contribution is 0.237. The molecular formula is C12H18O. The SMILES string of the molecule is Cc1ccccc1[C@@H](CO)C(C)C. The Balaban J connectivity index is 2.97. The van der Waals surface area contributed by atoms with Gasteiger partial charge in [-0.15, -0.1) is 0 Å². The van der Waals surface area contributed by atoms with Gasteiger partial charge in [-0.2, -0.15) is 0 Å². The van der Waals surface area contributed by atoms with Gasteiger partial charge in [-0.3, -0.25) is 0 Å². The molecular weight excluding hydrogens is 160 g/mol. The van der Waals surface area contributed by atoms with Gasteiger partial charge < -0.3 is 5.11 Å². The Morgan fingerprint density at radius 1 is 1.23 bits per heavy atom. The fraction of sp³-hybridized carbons (Fsp3) is 0.500. The van der Waals surface area contributed by atoms with Crippen LogP contribution in [0.15, 0.2) is 24.3 Å². The summed E-state index contributed by atoms with van der Waals surface area (Å²) >= 11 is 0. The maximum Gasteiger partial charge on any atom is 0.0502 e. The van der Waals surface area contributed by atoms with Gasteiger partial charge in [0.05, 0.1) is 6.61 Å². The number of aliphatic hydroxyl groups is 1. The number of hydrogen-bond donors (Lipinski definition) is 1. The Morgan fingerprint density at radius 2 is 1.85 bits per heavy atom. The molecule has 0 aliphatic rings. The predicted molar refractivity (Wildman–Crippen MR) is 55.8 cm³/mol. The largest absolute Gasteiger partial charge is 0.396 e. The van der Waals surface area contributed by atoms with Crippen LogP contribution in [-0.2, 0) is 0 Å². The first-order valence-corrected chi connectivity index (χ1v) is 4.83. The van der Waals surface area contributed by atoms with Gasteiger partial charge in [0.15, 0.2) is 0 Å². The number of aryl methyl sites for hydroxylation is 1. The minimum atomic E-state index is 0.239. The summed E-state index contributed by atoms with van der Waals surface area (Å²) < 4.78 is 0. The molecule has 1 rings (SSSR count). The molecule has 0 saturated carbocycles. The van der Waals surface area contributed by atoms with Crippen molar-refractivity contribution in [3.8, 4) is 0 Å². The van der Waals surface area contributed by atoms with Crippen molar-refractivity contribution in [2.24, 2.45) is 5.92 Å². The number of rotatable bonds is 3. The maximum atomic E-state index is 9.27. The molecule has 0 aliphatic heterocycles. The zero-order valence-electron chi connectivity index (χ0n) is 8.62. The quantitative estimate of drug-likeness (QED) is 0.754. The molecule has 0 fully saturated rings. The highest BCUT2D eigenvalue weighted by Crippen LogP contribution is 2.26. The van der Waals surface area contributed by atoms with Crippen LogP contribution in [0.1, 0.15) is 30.9 Å². The summed E-state index contributed by atoms with van der Waals surface area (Å²) in [5.74, 6) is 0.771. The fourth-order valence-electron chi connectivity index (χ4n) is 1.67. The van der Waals surface area contributed by atoms with Crippen molar-refractivity contribution >= 4 is 0 Å². The molecule has 0 spiro atoms. The fourth-order valence-corrected chi connectivity index (χ4v) is 1.67. The van der Waals surface area contributed by atoms with Crippen molar-refractivity contribution in [2.45, 2.75) is 26.7 Å². The zero-order chi connectivity index (χ0) is 9.84. The van der Waals surface area contributed by atoms with Crippen molar-refractivity contribution in [1.29, 1.82) is 0 Å². The van der Waals surface area contributed by atoms with Gasteiger partial charge in [0.25, 0.3) is 0 Å². The number of benzene rings is 1. The van der Waals surface area contributed by atoms with E-state index >= 15 is 0 Å². The summed E-state index contributed by atoms with van der Waals surface area (Å²) in [6, 6.07) is 8.28. The zero-order valence-corrected chi connectivity index (χ0v) is 8.62. The van der Waals surface area contributed by atoms with E-state index in [0.717, 1.165) is 0 Å². The van der Waals surface area contributed by atoms with Crippen molar-refractivity contribution in [3.05, 3.63) is 35.4 Å². The molecule has 1 atom stereocenters. The summed E-state index contributed by atoms with van der Waals surface area (Å²) in [4.78, 5) is 0. The summed E-state index contributed by atoms with van der Waals surface area (Å²) in [5.41, 5.74) is 2.55. The van der Waals surface area contributed by atoms with E-state index in [1.807, 2.05) is 12.1 Å². The Morgan fingerprint density at radius 3 is 2.31 bits per heavy atom. The monoisotopic (exact) mass is 178 g/mol. The molecule has 0 amide bonds. The first kappa shape index (κ1) is 10.3. The lowest BCUT2D eigenvalue weighted by Gasteiger charge is -2.20. The first-order chi connectivity index (χ1) is 6.16. The van der Waals surface area contributed by atoms with Crippen molar-refractivity contribution in [1.82, 2.24) is 0 Å². The molecule has 0 aromatic heterocycles. The van der Waals surface area contributed by atoms with Crippen LogP contribution in [-0.4, -0.2) is 11.7 Å². The molecule has 0 unspecified atom stereocenters. The minimum absolute atomic E-state index is 0.239. The minimum Gasteiger partial charge on any atom is -0.396 e. The molecule has 0 bridgehead atoms. The molecule has 0 radical (unpaired) electrons. The third kappa shape index (κ3) is 2.31. The summed E-state index contributed by atoms with van der Waals surface area (Å²) in [6.07, 6.45) is 0. The third-order valence-electron chi connectivity index (χ3n) is 2.59. The lowest BCUT2D eigenvalue weighted by atomic mass is 9.87.